The molecule has 2 aliphatic heterocycles. The molecule has 0 radical (unpaired) electrons. The molecule has 0 aliphatic carbocycles. The number of aryl methyl sites for hydroxylation is 1. The number of benzene rings is 4. The second kappa shape index (κ2) is 18.0. The Morgan fingerprint density at radius 3 is 2.05 bits per heavy atom. The summed E-state index contributed by atoms with van der Waals surface area (Å²) < 4.78 is 5.69. The van der Waals surface area contributed by atoms with Crippen molar-refractivity contribution in [2.24, 2.45) is 0 Å². The van der Waals surface area contributed by atoms with E-state index in [1.54, 1.807) is 66.7 Å². The minimum absolute atomic E-state index is 0.0639. The molecule has 0 saturated carbocycles. The first-order valence-electron chi connectivity index (χ1n) is 17.7. The van der Waals surface area contributed by atoms with Gasteiger partial charge in [-0.25, -0.2) is 4.79 Å². The van der Waals surface area contributed by atoms with Crippen LogP contribution in [0.15, 0.2) is 133 Å². The number of aliphatic carboxylic acids is 1. The number of carboxylic acid groups (broad SMARTS) is 1. The van der Waals surface area contributed by atoms with E-state index in [1.165, 1.54) is 11.3 Å². The van der Waals surface area contributed by atoms with E-state index >= 15 is 0 Å². The summed E-state index contributed by atoms with van der Waals surface area (Å²) in [7, 11) is 0. The monoisotopic (exact) mass is 756 g/mol. The summed E-state index contributed by atoms with van der Waals surface area (Å²) in [4.78, 5) is 68.7. The number of hydrogen-bond acceptors (Lipinski definition) is 7. The van der Waals surface area contributed by atoms with Crippen LogP contribution in [0.1, 0.15) is 34.0 Å². The number of nitrogens with one attached hydrogen (secondary N) is 4. The highest BCUT2D eigenvalue weighted by molar-refractivity contribution is 7.11. The molecule has 11 nitrogen and oxygen atoms in total. The Hall–Kier alpha value is -6.53. The van der Waals surface area contributed by atoms with Gasteiger partial charge in [0.1, 0.15) is 29.9 Å². The van der Waals surface area contributed by atoms with E-state index in [-0.39, 0.29) is 12.8 Å². The van der Waals surface area contributed by atoms with Crippen LogP contribution in [0, 0.1) is 0 Å². The van der Waals surface area contributed by atoms with Gasteiger partial charge < -0.3 is 31.1 Å². The van der Waals surface area contributed by atoms with Crippen LogP contribution in [0.4, 0.5) is 0 Å². The van der Waals surface area contributed by atoms with Gasteiger partial charge in [-0.2, -0.15) is 0 Å². The molecule has 7 rings (SSSR count). The molecule has 12 heteroatoms. The van der Waals surface area contributed by atoms with Crippen LogP contribution in [-0.2, 0) is 36.8 Å². The van der Waals surface area contributed by atoms with Gasteiger partial charge in [0.05, 0.1) is 0 Å². The fourth-order valence-electron chi connectivity index (χ4n) is 6.20. The standard InChI is InChI=1S/C43H40N4O7S/c1-27(36-13-8-24-55-36)38-41(50)44-34(23-18-28-14-19-31(20-15-28)30-9-4-2-5-10-30)40(49)47-39(32-11-6-3-7-12-32)42(51)45-35(43(52)53)25-29-16-21-33(22-17-29)54-26-37(48)46-38/h2-17,19-22,24,34-35,38-39H,1,18,23,25-26H2,(H,44,50)(H,45,51)(H,46,48)(H,47,49)(H,52,53). The SMILES string of the molecule is C=C(c1cccs1)C1NC(=O)COc2ccc(cc2)CC(C(=O)O)NC(=O)C(c2ccccc2)NC(=O)C(CCc2ccc(-c3ccccc3)cc2)NC1=O. The molecule has 4 amide bonds. The van der Waals surface area contributed by atoms with Gasteiger partial charge in [-0.05, 0) is 69.8 Å². The van der Waals surface area contributed by atoms with Crippen molar-refractivity contribution >= 4 is 46.5 Å². The largest absolute Gasteiger partial charge is 0.484 e. The maximum atomic E-state index is 14.3. The van der Waals surface area contributed by atoms with E-state index in [4.69, 9.17) is 4.74 Å². The van der Waals surface area contributed by atoms with Crippen LogP contribution in [0.3, 0.4) is 0 Å². The van der Waals surface area contributed by atoms with E-state index in [0.717, 1.165) is 16.7 Å². The topological polar surface area (TPSA) is 163 Å². The third-order valence-electron chi connectivity index (χ3n) is 9.20. The summed E-state index contributed by atoms with van der Waals surface area (Å²) >= 11 is 1.34. The molecule has 2 bridgehead atoms. The average Bonchev–Trinajstić information content (AvgIpc) is 3.75. The molecule has 280 valence electrons. The van der Waals surface area contributed by atoms with Crippen LogP contribution in [0.25, 0.3) is 16.7 Å². The molecule has 4 atom stereocenters. The molecule has 1 aromatic heterocycles. The summed E-state index contributed by atoms with van der Waals surface area (Å²) in [6, 6.07) is 31.1. The third kappa shape index (κ3) is 10.1. The molecule has 0 spiro atoms. The quantitative estimate of drug-likeness (QED) is 0.138. The molecular formula is C43H40N4O7S. The summed E-state index contributed by atoms with van der Waals surface area (Å²) in [5.41, 5.74) is 4.27. The first kappa shape index (κ1) is 38.2. The summed E-state index contributed by atoms with van der Waals surface area (Å²) in [6.45, 7) is 3.69. The van der Waals surface area contributed by atoms with Gasteiger partial charge >= 0.3 is 5.97 Å². The van der Waals surface area contributed by atoms with Gasteiger partial charge in [-0.3, -0.25) is 19.2 Å². The first-order chi connectivity index (χ1) is 26.6. The Morgan fingerprint density at radius 1 is 0.727 bits per heavy atom. The summed E-state index contributed by atoms with van der Waals surface area (Å²) in [6.07, 6.45) is 0.419. The van der Waals surface area contributed by atoms with Gasteiger partial charge in [0.2, 0.25) is 17.7 Å². The van der Waals surface area contributed by atoms with Crippen molar-refractivity contribution in [3.8, 4) is 16.9 Å². The highest BCUT2D eigenvalue weighted by Gasteiger charge is 2.33. The molecule has 0 saturated heterocycles. The van der Waals surface area contributed by atoms with Crippen molar-refractivity contribution in [2.75, 3.05) is 6.61 Å². The Bertz CT molecular complexity index is 2120. The molecule has 5 aromatic rings. The van der Waals surface area contributed by atoms with Gasteiger partial charge in [0.25, 0.3) is 5.91 Å². The lowest BCUT2D eigenvalue weighted by Crippen LogP contribution is -2.56. The number of thiophene rings is 1. The number of ether oxygens (including phenoxy) is 1. The second-order valence-corrected chi connectivity index (χ2v) is 14.0. The van der Waals surface area contributed by atoms with E-state index in [0.29, 0.717) is 33.7 Å². The van der Waals surface area contributed by atoms with Crippen molar-refractivity contribution in [1.82, 2.24) is 21.3 Å². The molecule has 3 heterocycles. The maximum absolute atomic E-state index is 14.3. The highest BCUT2D eigenvalue weighted by Crippen LogP contribution is 2.24. The van der Waals surface area contributed by atoms with Crippen LogP contribution in [0.5, 0.6) is 5.75 Å². The van der Waals surface area contributed by atoms with E-state index in [1.807, 2.05) is 60.0 Å². The zero-order valence-electron chi connectivity index (χ0n) is 29.8. The van der Waals surface area contributed by atoms with E-state index in [2.05, 4.69) is 27.8 Å². The zero-order valence-corrected chi connectivity index (χ0v) is 30.6. The lowest BCUT2D eigenvalue weighted by molar-refractivity contribution is -0.142. The summed E-state index contributed by atoms with van der Waals surface area (Å²) in [5, 5.41) is 22.8. The van der Waals surface area contributed by atoms with Gasteiger partial charge in [-0.1, -0.05) is 110 Å². The Balaban J connectivity index is 1.33. The molecule has 4 aromatic carbocycles. The predicted octanol–water partition coefficient (Wildman–Crippen LogP) is 5.09. The van der Waals surface area contributed by atoms with Crippen LogP contribution < -0.4 is 26.0 Å². The number of carboxylic acids is 1. The molecule has 55 heavy (non-hydrogen) atoms. The van der Waals surface area contributed by atoms with E-state index in [9.17, 15) is 29.1 Å². The Morgan fingerprint density at radius 2 is 1.40 bits per heavy atom. The first-order valence-corrected chi connectivity index (χ1v) is 18.6. The lowest BCUT2D eigenvalue weighted by atomic mass is 9.99. The van der Waals surface area contributed by atoms with Crippen molar-refractivity contribution < 1.29 is 33.8 Å². The maximum Gasteiger partial charge on any atom is 0.326 e. The van der Waals surface area contributed by atoms with Gasteiger partial charge in [-0.15, -0.1) is 11.3 Å². The third-order valence-corrected chi connectivity index (χ3v) is 10.1. The van der Waals surface area contributed by atoms with Crippen LogP contribution in [0.2, 0.25) is 0 Å². The minimum Gasteiger partial charge on any atom is -0.484 e. The fourth-order valence-corrected chi connectivity index (χ4v) is 6.93. The predicted molar refractivity (Wildman–Crippen MR) is 210 cm³/mol. The van der Waals surface area contributed by atoms with Crippen molar-refractivity contribution in [3.63, 3.8) is 0 Å². The Kier molecular flexibility index (Phi) is 12.5. The van der Waals surface area contributed by atoms with E-state index < -0.39 is 60.4 Å². The Labute approximate surface area is 322 Å². The molecule has 0 fully saturated rings. The van der Waals surface area contributed by atoms with Gasteiger partial charge in [0.15, 0.2) is 6.61 Å². The normalized spacial score (nSPS) is 19.6. The summed E-state index contributed by atoms with van der Waals surface area (Å²) in [5.74, 6) is -3.67. The highest BCUT2D eigenvalue weighted by atomic mass is 32.1. The number of fused-ring (bicyclic) bond motifs is 16. The van der Waals surface area contributed by atoms with Crippen molar-refractivity contribution in [1.29, 1.82) is 0 Å². The zero-order chi connectivity index (χ0) is 38.7. The fraction of sp³-hybridized carbons (Fsp3) is 0.186. The van der Waals surface area contributed by atoms with Crippen molar-refractivity contribution in [3.05, 3.63) is 155 Å². The lowest BCUT2D eigenvalue weighted by Gasteiger charge is -2.27. The second-order valence-electron chi connectivity index (χ2n) is 13.1. The molecule has 2 aliphatic rings. The smallest absolute Gasteiger partial charge is 0.326 e. The minimum atomic E-state index is -1.34. The van der Waals surface area contributed by atoms with Crippen molar-refractivity contribution in [2.45, 2.75) is 43.4 Å². The van der Waals surface area contributed by atoms with Gasteiger partial charge in [0, 0.05) is 11.3 Å². The number of amides is 4. The van der Waals surface area contributed by atoms with Crippen LogP contribution >= 0.6 is 11.3 Å². The van der Waals surface area contributed by atoms with Crippen LogP contribution in [-0.4, -0.2) is 59.4 Å². The number of hydrogen-bond donors (Lipinski definition) is 5. The number of rotatable bonds is 8. The average molecular weight is 757 g/mol. The number of carbonyl (C=O) groups excluding carboxylic acids is 4. The molecular weight excluding hydrogens is 717 g/mol. The number of carbonyl (C=O) groups is 5. The molecule has 5 N–H and O–H groups in total. The molecule has 4 unspecified atom stereocenters.